The van der Waals surface area contributed by atoms with Gasteiger partial charge in [0.15, 0.2) is 0 Å². The van der Waals surface area contributed by atoms with E-state index in [1.807, 2.05) is 58.4 Å². The number of benzene rings is 1. The Labute approximate surface area is 183 Å². The minimum Gasteiger partial charge on any atom is -0.368 e. The molecule has 4 heterocycles. The minimum absolute atomic E-state index is 0.0124. The van der Waals surface area contributed by atoms with E-state index in [2.05, 4.69) is 20.9 Å². The summed E-state index contributed by atoms with van der Waals surface area (Å²) in [5, 5.41) is 4.47. The van der Waals surface area contributed by atoms with Gasteiger partial charge in [0, 0.05) is 72.7 Å². The zero-order valence-electron chi connectivity index (χ0n) is 16.5. The van der Waals surface area contributed by atoms with E-state index in [9.17, 15) is 4.79 Å². The summed E-state index contributed by atoms with van der Waals surface area (Å²) in [7, 11) is 1.97. The molecule has 0 spiro atoms. The van der Waals surface area contributed by atoms with Gasteiger partial charge in [-0.2, -0.15) is 0 Å². The van der Waals surface area contributed by atoms with Crippen LogP contribution in [-0.2, 0) is 7.05 Å². The molecule has 0 radical (unpaired) electrons. The zero-order chi connectivity index (χ0) is 20.7. The summed E-state index contributed by atoms with van der Waals surface area (Å²) in [4.78, 5) is 26.3. The van der Waals surface area contributed by atoms with Crippen molar-refractivity contribution in [1.82, 2.24) is 19.4 Å². The number of piperazine rings is 1. The normalized spacial score (nSPS) is 14.5. The first kappa shape index (κ1) is 19.1. The molecule has 1 aromatic carbocycles. The third kappa shape index (κ3) is 3.44. The first-order chi connectivity index (χ1) is 14.6. The van der Waals surface area contributed by atoms with E-state index < -0.39 is 0 Å². The average Bonchev–Trinajstić information content (AvgIpc) is 3.39. The summed E-state index contributed by atoms with van der Waals surface area (Å²) < 4.78 is 1.99. The largest absolute Gasteiger partial charge is 0.368 e. The lowest BCUT2D eigenvalue weighted by atomic mass is 10.2. The molecule has 152 valence electrons. The van der Waals surface area contributed by atoms with Crippen molar-refractivity contribution in [2.45, 2.75) is 0 Å². The number of halogens is 1. The molecule has 4 aromatic rings. The minimum atomic E-state index is -0.0124. The average molecular weight is 438 g/mol. The van der Waals surface area contributed by atoms with Crippen molar-refractivity contribution in [1.29, 1.82) is 0 Å². The van der Waals surface area contributed by atoms with E-state index in [1.54, 1.807) is 6.20 Å². The molecule has 3 aromatic heterocycles. The van der Waals surface area contributed by atoms with Crippen LogP contribution in [0.25, 0.3) is 21.6 Å². The predicted molar refractivity (Wildman–Crippen MR) is 121 cm³/mol. The Morgan fingerprint density at radius 2 is 1.97 bits per heavy atom. The maximum absolute atomic E-state index is 13.0. The van der Waals surface area contributed by atoms with Gasteiger partial charge in [0.05, 0.1) is 0 Å². The molecule has 6 nitrogen and oxygen atoms in total. The molecule has 0 atom stereocenters. The summed E-state index contributed by atoms with van der Waals surface area (Å²) >= 11 is 7.61. The third-order valence-electron chi connectivity index (χ3n) is 5.43. The molecule has 0 unspecified atom stereocenters. The molecule has 0 saturated carbocycles. The van der Waals surface area contributed by atoms with Crippen molar-refractivity contribution in [2.24, 2.45) is 7.05 Å². The highest BCUT2D eigenvalue weighted by molar-refractivity contribution is 7.13. The van der Waals surface area contributed by atoms with E-state index >= 15 is 0 Å². The Kier molecular flexibility index (Phi) is 4.92. The number of thiazole rings is 1. The Hall–Kier alpha value is -2.90. The molecule has 1 amide bonds. The second kappa shape index (κ2) is 7.74. The van der Waals surface area contributed by atoms with E-state index in [4.69, 9.17) is 11.6 Å². The quantitative estimate of drug-likeness (QED) is 0.479. The molecule has 1 saturated heterocycles. The van der Waals surface area contributed by atoms with E-state index in [0.717, 1.165) is 45.4 Å². The Balaban J connectivity index is 1.32. The molecule has 0 N–H and O–H groups in total. The fourth-order valence-electron chi connectivity index (χ4n) is 3.88. The maximum atomic E-state index is 13.0. The number of hydrogen-bond acceptors (Lipinski definition) is 5. The first-order valence-electron chi connectivity index (χ1n) is 9.76. The van der Waals surface area contributed by atoms with Crippen LogP contribution >= 0.6 is 22.9 Å². The van der Waals surface area contributed by atoms with Crippen LogP contribution in [0.5, 0.6) is 0 Å². The maximum Gasteiger partial charge on any atom is 0.273 e. The lowest BCUT2D eigenvalue weighted by Crippen LogP contribution is -2.48. The summed E-state index contributed by atoms with van der Waals surface area (Å²) in [6.07, 6.45) is 3.81. The molecular formula is C22H20ClN5OS. The van der Waals surface area contributed by atoms with Crippen LogP contribution in [0.1, 0.15) is 10.5 Å². The van der Waals surface area contributed by atoms with Crippen molar-refractivity contribution in [3.05, 3.63) is 64.9 Å². The molecule has 0 aliphatic carbocycles. The van der Waals surface area contributed by atoms with Crippen LogP contribution in [0.4, 0.5) is 5.69 Å². The summed E-state index contributed by atoms with van der Waals surface area (Å²) in [5.74, 6) is -0.0124. The number of pyridine rings is 1. The number of carbonyl (C=O) groups excluding carboxylic acids is 1. The standard InChI is InChI=1S/C22H20ClN5OS/c1-26-13-18(17-6-3-7-24-20(17)26)21-25-19(14-30-21)22(29)28-10-8-27(9-11-28)16-5-2-4-15(23)12-16/h2-7,12-14H,8-11H2,1H3. The number of fused-ring (bicyclic) bond motifs is 1. The van der Waals surface area contributed by atoms with Crippen LogP contribution in [-0.4, -0.2) is 51.5 Å². The van der Waals surface area contributed by atoms with E-state index in [-0.39, 0.29) is 5.91 Å². The van der Waals surface area contributed by atoms with Gasteiger partial charge in [-0.3, -0.25) is 4.79 Å². The number of amides is 1. The van der Waals surface area contributed by atoms with Crippen LogP contribution < -0.4 is 4.90 Å². The highest BCUT2D eigenvalue weighted by atomic mass is 35.5. The highest BCUT2D eigenvalue weighted by Gasteiger charge is 2.25. The van der Waals surface area contributed by atoms with E-state index in [1.165, 1.54) is 11.3 Å². The van der Waals surface area contributed by atoms with Gasteiger partial charge in [-0.1, -0.05) is 17.7 Å². The van der Waals surface area contributed by atoms with Gasteiger partial charge in [-0.05, 0) is 30.3 Å². The summed E-state index contributed by atoms with van der Waals surface area (Å²) in [5.41, 5.74) is 3.52. The Bertz CT molecular complexity index is 1230. The summed E-state index contributed by atoms with van der Waals surface area (Å²) in [6.45, 7) is 2.88. The molecule has 1 fully saturated rings. The number of anilines is 1. The van der Waals surface area contributed by atoms with Crippen molar-refractivity contribution >= 4 is 45.6 Å². The van der Waals surface area contributed by atoms with E-state index in [0.29, 0.717) is 18.8 Å². The first-order valence-corrected chi connectivity index (χ1v) is 11.0. The second-order valence-electron chi connectivity index (χ2n) is 7.33. The van der Waals surface area contributed by atoms with Crippen LogP contribution in [0.15, 0.2) is 54.2 Å². The van der Waals surface area contributed by atoms with Crippen molar-refractivity contribution in [2.75, 3.05) is 31.1 Å². The van der Waals surface area contributed by atoms with Crippen LogP contribution in [0.2, 0.25) is 5.02 Å². The van der Waals surface area contributed by atoms with Crippen molar-refractivity contribution in [3.8, 4) is 10.6 Å². The van der Waals surface area contributed by atoms with Crippen molar-refractivity contribution in [3.63, 3.8) is 0 Å². The number of rotatable bonds is 3. The van der Waals surface area contributed by atoms with Crippen molar-refractivity contribution < 1.29 is 4.79 Å². The van der Waals surface area contributed by atoms with Gasteiger partial charge < -0.3 is 14.4 Å². The fraction of sp³-hybridized carbons (Fsp3) is 0.227. The van der Waals surface area contributed by atoms with Gasteiger partial charge in [0.2, 0.25) is 0 Å². The molecule has 5 rings (SSSR count). The molecule has 1 aliphatic rings. The Morgan fingerprint density at radius 3 is 2.77 bits per heavy atom. The van der Waals surface area contributed by atoms with Gasteiger partial charge in [0.25, 0.3) is 5.91 Å². The summed E-state index contributed by atoms with van der Waals surface area (Å²) in [6, 6.07) is 11.8. The van der Waals surface area contributed by atoms with Gasteiger partial charge in [0.1, 0.15) is 16.3 Å². The van der Waals surface area contributed by atoms with Gasteiger partial charge in [-0.25, -0.2) is 9.97 Å². The number of hydrogen-bond donors (Lipinski definition) is 0. The second-order valence-corrected chi connectivity index (χ2v) is 8.62. The predicted octanol–water partition coefficient (Wildman–Crippen LogP) is 4.31. The smallest absolute Gasteiger partial charge is 0.273 e. The highest BCUT2D eigenvalue weighted by Crippen LogP contribution is 2.31. The fourth-order valence-corrected chi connectivity index (χ4v) is 4.88. The Morgan fingerprint density at radius 1 is 1.13 bits per heavy atom. The molecule has 0 bridgehead atoms. The number of carbonyl (C=O) groups is 1. The SMILES string of the molecule is Cn1cc(-c2nc(C(=O)N3CCN(c4cccc(Cl)c4)CC3)cs2)c2cccnc21. The third-order valence-corrected chi connectivity index (χ3v) is 6.54. The molecule has 8 heteroatoms. The molecular weight excluding hydrogens is 418 g/mol. The molecule has 30 heavy (non-hydrogen) atoms. The topological polar surface area (TPSA) is 54.3 Å². The lowest BCUT2D eigenvalue weighted by molar-refractivity contribution is 0.0742. The number of aromatic nitrogens is 3. The van der Waals surface area contributed by atoms with Gasteiger partial charge >= 0.3 is 0 Å². The number of nitrogens with zero attached hydrogens (tertiary/aromatic N) is 5. The monoisotopic (exact) mass is 437 g/mol. The zero-order valence-corrected chi connectivity index (χ0v) is 18.0. The lowest BCUT2D eigenvalue weighted by Gasteiger charge is -2.35. The van der Waals surface area contributed by atoms with Crippen LogP contribution in [0, 0.1) is 0 Å². The van der Waals surface area contributed by atoms with Gasteiger partial charge in [-0.15, -0.1) is 11.3 Å². The van der Waals surface area contributed by atoms with Crippen LogP contribution in [0.3, 0.4) is 0 Å². The number of aryl methyl sites for hydroxylation is 1. The molecule has 1 aliphatic heterocycles.